The summed E-state index contributed by atoms with van der Waals surface area (Å²) < 4.78 is 30.6. The Morgan fingerprint density at radius 3 is 2.57 bits per heavy atom. The second-order valence-corrected chi connectivity index (χ2v) is 9.04. The van der Waals surface area contributed by atoms with Crippen LogP contribution in [0, 0.1) is 0 Å². The van der Waals surface area contributed by atoms with Gasteiger partial charge in [-0.3, -0.25) is 19.7 Å². The van der Waals surface area contributed by atoms with Crippen molar-refractivity contribution < 1.29 is 28.0 Å². The molecule has 1 fully saturated rings. The van der Waals surface area contributed by atoms with Crippen LogP contribution in [0.15, 0.2) is 18.2 Å². The quantitative estimate of drug-likeness (QED) is 0.399. The van der Waals surface area contributed by atoms with Gasteiger partial charge in [0.05, 0.1) is 12.3 Å². The van der Waals surface area contributed by atoms with Crippen LogP contribution in [0.3, 0.4) is 0 Å². The molecule has 4 N–H and O–H groups in total. The number of piperazine rings is 1. The van der Waals surface area contributed by atoms with Crippen molar-refractivity contribution in [3.8, 4) is 5.75 Å². The minimum absolute atomic E-state index is 0.280. The standard InChI is InChI=1S/C17H24N4O6S/c1-28(25,26)21-6-4-20(5-7-21)14(17(23)19-24)10-13-9-12-8-11(16(18)22)2-3-15(12)27-13/h2-3,8,13-14,24H,4-7,9-10H2,1H3,(H2,18,22)(H,19,23)/t13?,14-/m0/s1. The largest absolute Gasteiger partial charge is 0.490 e. The zero-order valence-corrected chi connectivity index (χ0v) is 16.3. The molecule has 2 heterocycles. The first-order valence-electron chi connectivity index (χ1n) is 8.91. The number of carbonyl (C=O) groups is 2. The summed E-state index contributed by atoms with van der Waals surface area (Å²) in [6.07, 6.45) is 1.67. The van der Waals surface area contributed by atoms with E-state index in [0.29, 0.717) is 37.2 Å². The maximum Gasteiger partial charge on any atom is 0.260 e. The van der Waals surface area contributed by atoms with Crippen molar-refractivity contribution in [3.05, 3.63) is 29.3 Å². The lowest BCUT2D eigenvalue weighted by Gasteiger charge is -2.37. The number of carbonyl (C=O) groups excluding carboxylic acids is 2. The fourth-order valence-corrected chi connectivity index (χ4v) is 4.52. The third kappa shape index (κ3) is 4.43. The minimum atomic E-state index is -3.28. The molecule has 0 radical (unpaired) electrons. The first-order valence-corrected chi connectivity index (χ1v) is 10.8. The van der Waals surface area contributed by atoms with Crippen molar-refractivity contribution in [3.63, 3.8) is 0 Å². The van der Waals surface area contributed by atoms with E-state index in [2.05, 4.69) is 0 Å². The molecule has 2 aliphatic heterocycles. The van der Waals surface area contributed by atoms with Crippen molar-refractivity contribution in [2.75, 3.05) is 32.4 Å². The molecule has 3 rings (SSSR count). The van der Waals surface area contributed by atoms with Crippen LogP contribution in [-0.4, -0.2) is 79.2 Å². The lowest BCUT2D eigenvalue weighted by Crippen LogP contribution is -2.56. The fraction of sp³-hybridized carbons (Fsp3) is 0.529. The molecule has 0 aromatic heterocycles. The van der Waals surface area contributed by atoms with Gasteiger partial charge in [-0.15, -0.1) is 0 Å². The predicted molar refractivity (Wildman–Crippen MR) is 99.4 cm³/mol. The molecule has 0 spiro atoms. The minimum Gasteiger partial charge on any atom is -0.490 e. The summed E-state index contributed by atoms with van der Waals surface area (Å²) in [5.41, 5.74) is 8.23. The summed E-state index contributed by atoms with van der Waals surface area (Å²) in [7, 11) is -3.28. The number of amides is 2. The van der Waals surface area contributed by atoms with Gasteiger partial charge in [-0.25, -0.2) is 13.9 Å². The van der Waals surface area contributed by atoms with E-state index >= 15 is 0 Å². The Balaban J connectivity index is 1.67. The molecule has 28 heavy (non-hydrogen) atoms. The van der Waals surface area contributed by atoms with Crippen molar-refractivity contribution in [1.29, 1.82) is 0 Å². The molecule has 1 aromatic rings. The molecule has 10 nitrogen and oxygen atoms in total. The first-order chi connectivity index (χ1) is 13.2. The monoisotopic (exact) mass is 412 g/mol. The van der Waals surface area contributed by atoms with Gasteiger partial charge in [-0.2, -0.15) is 4.31 Å². The maximum absolute atomic E-state index is 12.2. The lowest BCUT2D eigenvalue weighted by molar-refractivity contribution is -0.136. The van der Waals surface area contributed by atoms with Gasteiger partial charge in [0.15, 0.2) is 0 Å². The Morgan fingerprint density at radius 2 is 2.00 bits per heavy atom. The number of sulfonamides is 1. The average Bonchev–Trinajstić information content (AvgIpc) is 3.06. The van der Waals surface area contributed by atoms with Crippen LogP contribution in [0.5, 0.6) is 5.75 Å². The van der Waals surface area contributed by atoms with Crippen molar-refractivity contribution in [2.45, 2.75) is 25.0 Å². The highest BCUT2D eigenvalue weighted by Gasteiger charge is 2.35. The molecule has 1 aromatic carbocycles. The van der Waals surface area contributed by atoms with E-state index in [0.717, 1.165) is 11.8 Å². The van der Waals surface area contributed by atoms with E-state index < -0.39 is 27.9 Å². The fourth-order valence-electron chi connectivity index (χ4n) is 3.70. The molecule has 2 atom stereocenters. The van der Waals surface area contributed by atoms with E-state index in [9.17, 15) is 18.0 Å². The van der Waals surface area contributed by atoms with Crippen LogP contribution < -0.4 is 16.0 Å². The highest BCUT2D eigenvalue weighted by molar-refractivity contribution is 7.88. The van der Waals surface area contributed by atoms with Crippen LogP contribution in [0.4, 0.5) is 0 Å². The topological polar surface area (TPSA) is 142 Å². The summed E-state index contributed by atoms with van der Waals surface area (Å²) in [5.74, 6) is -0.447. The van der Waals surface area contributed by atoms with E-state index in [1.807, 2.05) is 4.90 Å². The van der Waals surface area contributed by atoms with Gasteiger partial charge in [0.1, 0.15) is 11.9 Å². The van der Waals surface area contributed by atoms with Gasteiger partial charge in [0, 0.05) is 44.6 Å². The number of ether oxygens (including phenoxy) is 1. The Labute approximate surface area is 163 Å². The number of benzene rings is 1. The number of hydroxylamine groups is 1. The zero-order valence-electron chi connectivity index (χ0n) is 15.5. The second kappa shape index (κ2) is 8.03. The number of nitrogens with one attached hydrogen (secondary N) is 1. The van der Waals surface area contributed by atoms with Gasteiger partial charge < -0.3 is 10.5 Å². The maximum atomic E-state index is 12.2. The normalized spacial score (nSPS) is 21.6. The number of primary amides is 1. The number of fused-ring (bicyclic) bond motifs is 1. The molecule has 11 heteroatoms. The van der Waals surface area contributed by atoms with Crippen molar-refractivity contribution in [2.24, 2.45) is 5.73 Å². The van der Waals surface area contributed by atoms with E-state index in [-0.39, 0.29) is 19.2 Å². The third-order valence-corrected chi connectivity index (χ3v) is 6.47. The number of nitrogens with two attached hydrogens (primary N) is 1. The summed E-state index contributed by atoms with van der Waals surface area (Å²) in [4.78, 5) is 25.4. The van der Waals surface area contributed by atoms with Crippen LogP contribution in [0.2, 0.25) is 0 Å². The van der Waals surface area contributed by atoms with Gasteiger partial charge in [0.2, 0.25) is 15.9 Å². The Kier molecular flexibility index (Phi) is 5.89. The highest BCUT2D eigenvalue weighted by Crippen LogP contribution is 2.32. The van der Waals surface area contributed by atoms with Crippen LogP contribution in [-0.2, 0) is 21.2 Å². The van der Waals surface area contributed by atoms with E-state index in [1.54, 1.807) is 23.7 Å². The van der Waals surface area contributed by atoms with Gasteiger partial charge in [0.25, 0.3) is 5.91 Å². The van der Waals surface area contributed by atoms with Gasteiger partial charge in [-0.1, -0.05) is 0 Å². The molecular weight excluding hydrogens is 388 g/mol. The predicted octanol–water partition coefficient (Wildman–Crippen LogP) is -1.07. The Morgan fingerprint density at radius 1 is 1.32 bits per heavy atom. The Hall–Kier alpha value is -2.21. The molecule has 1 unspecified atom stereocenters. The molecular formula is C17H24N4O6S. The first kappa shape index (κ1) is 20.5. The average molecular weight is 412 g/mol. The molecule has 0 aliphatic carbocycles. The molecule has 2 aliphatic rings. The number of hydrogen-bond donors (Lipinski definition) is 3. The smallest absolute Gasteiger partial charge is 0.260 e. The Bertz CT molecular complexity index is 866. The zero-order chi connectivity index (χ0) is 20.5. The molecule has 0 bridgehead atoms. The summed E-state index contributed by atoms with van der Waals surface area (Å²) in [6.45, 7) is 1.30. The molecule has 0 saturated carbocycles. The molecule has 1 saturated heterocycles. The van der Waals surface area contributed by atoms with E-state index in [1.165, 1.54) is 4.31 Å². The van der Waals surface area contributed by atoms with Gasteiger partial charge in [-0.05, 0) is 23.8 Å². The number of hydrogen-bond acceptors (Lipinski definition) is 7. The van der Waals surface area contributed by atoms with Crippen LogP contribution in [0.25, 0.3) is 0 Å². The summed E-state index contributed by atoms with van der Waals surface area (Å²) in [5, 5.41) is 9.14. The summed E-state index contributed by atoms with van der Waals surface area (Å²) >= 11 is 0. The molecule has 2 amide bonds. The SMILES string of the molecule is CS(=O)(=O)N1CCN([C@@H](CC2Cc3cc(C(N)=O)ccc3O2)C(=O)NO)CC1. The summed E-state index contributed by atoms with van der Waals surface area (Å²) in [6, 6.07) is 4.29. The van der Waals surface area contributed by atoms with E-state index in [4.69, 9.17) is 15.7 Å². The third-order valence-electron chi connectivity index (χ3n) is 5.17. The highest BCUT2D eigenvalue weighted by atomic mass is 32.2. The van der Waals surface area contributed by atoms with Crippen molar-refractivity contribution >= 4 is 21.8 Å². The lowest BCUT2D eigenvalue weighted by atomic mass is 10.0. The second-order valence-electron chi connectivity index (χ2n) is 7.06. The number of nitrogens with zero attached hydrogens (tertiary/aromatic N) is 2. The molecule has 154 valence electrons. The van der Waals surface area contributed by atoms with Gasteiger partial charge >= 0.3 is 0 Å². The van der Waals surface area contributed by atoms with Crippen LogP contribution >= 0.6 is 0 Å². The van der Waals surface area contributed by atoms with Crippen LogP contribution in [0.1, 0.15) is 22.3 Å². The number of rotatable bonds is 6. The van der Waals surface area contributed by atoms with Crippen molar-refractivity contribution in [1.82, 2.24) is 14.7 Å².